The Hall–Kier alpha value is -3.40. The number of hydrogen-bond acceptors (Lipinski definition) is 8. The number of esters is 1. The minimum atomic E-state index is -0.554. The van der Waals surface area contributed by atoms with Gasteiger partial charge in [-0.2, -0.15) is 0 Å². The van der Waals surface area contributed by atoms with Crippen molar-refractivity contribution in [3.05, 3.63) is 40.4 Å². The lowest BCUT2D eigenvalue weighted by molar-refractivity contribution is 0.0499. The highest BCUT2D eigenvalue weighted by Crippen LogP contribution is 2.20. The van der Waals surface area contributed by atoms with Crippen LogP contribution in [0.15, 0.2) is 18.2 Å². The average Bonchev–Trinajstić information content (AvgIpc) is 3.11. The standard InChI is InChI=1S/C20H24ClN7O3/c1-3-5-8-31-20(30)11-6-7-12-13(9-11)28(4-2)14(25-12)10-24-19(29)15-17(22)27-18(23)16(21)26-15/h6-7,9H,3-5,8,10H2,1-2H3,(H,24,29)(H4,22,23,27). The van der Waals surface area contributed by atoms with Gasteiger partial charge in [-0.3, -0.25) is 4.79 Å². The SMILES string of the molecule is CCCCOC(=O)c1ccc2nc(CNC(=O)c3nc(Cl)c(N)nc3N)n(CC)c2c1. The number of aromatic nitrogens is 4. The lowest BCUT2D eigenvalue weighted by Gasteiger charge is -2.09. The number of imidazole rings is 1. The van der Waals surface area contributed by atoms with E-state index in [1.807, 2.05) is 18.4 Å². The number of unbranched alkanes of at least 4 members (excludes halogenated alkanes) is 1. The van der Waals surface area contributed by atoms with Crippen LogP contribution in [0.2, 0.25) is 5.15 Å². The normalized spacial score (nSPS) is 10.9. The van der Waals surface area contributed by atoms with E-state index in [4.69, 9.17) is 27.8 Å². The van der Waals surface area contributed by atoms with Crippen LogP contribution >= 0.6 is 11.6 Å². The topological polar surface area (TPSA) is 151 Å². The first-order chi connectivity index (χ1) is 14.8. The molecule has 0 atom stereocenters. The second-order valence-electron chi connectivity index (χ2n) is 6.78. The molecule has 0 saturated heterocycles. The number of anilines is 2. The molecule has 1 amide bonds. The highest BCUT2D eigenvalue weighted by atomic mass is 35.5. The molecular formula is C20H24ClN7O3. The van der Waals surface area contributed by atoms with Crippen molar-refractivity contribution in [3.8, 4) is 0 Å². The number of rotatable bonds is 8. The first kappa shape index (κ1) is 22.3. The molecule has 3 aromatic rings. The van der Waals surface area contributed by atoms with Gasteiger partial charge in [-0.15, -0.1) is 0 Å². The van der Waals surface area contributed by atoms with Crippen LogP contribution in [0.5, 0.6) is 0 Å². The van der Waals surface area contributed by atoms with Crippen molar-refractivity contribution in [2.45, 2.75) is 39.8 Å². The third-order valence-electron chi connectivity index (χ3n) is 4.64. The molecular weight excluding hydrogens is 422 g/mol. The molecule has 0 unspecified atom stereocenters. The fraction of sp³-hybridized carbons (Fsp3) is 0.350. The number of aryl methyl sites for hydroxylation is 1. The third kappa shape index (κ3) is 4.85. The number of amides is 1. The van der Waals surface area contributed by atoms with Crippen molar-refractivity contribution in [1.82, 2.24) is 24.8 Å². The molecule has 0 radical (unpaired) electrons. The molecule has 0 aliphatic heterocycles. The molecule has 11 heteroatoms. The Morgan fingerprint density at radius 3 is 2.65 bits per heavy atom. The molecule has 0 aliphatic rings. The van der Waals surface area contributed by atoms with E-state index in [-0.39, 0.29) is 35.0 Å². The van der Waals surface area contributed by atoms with Crippen LogP contribution in [-0.2, 0) is 17.8 Å². The van der Waals surface area contributed by atoms with Crippen molar-refractivity contribution >= 4 is 46.1 Å². The van der Waals surface area contributed by atoms with E-state index in [1.165, 1.54) is 0 Å². The van der Waals surface area contributed by atoms with Gasteiger partial charge in [-0.05, 0) is 31.5 Å². The molecule has 164 valence electrons. The zero-order valence-electron chi connectivity index (χ0n) is 17.3. The fourth-order valence-corrected chi connectivity index (χ4v) is 3.16. The number of carbonyl (C=O) groups excluding carboxylic acids is 2. The van der Waals surface area contributed by atoms with Gasteiger partial charge in [0.05, 0.1) is 29.7 Å². The van der Waals surface area contributed by atoms with Gasteiger partial charge in [0, 0.05) is 6.54 Å². The third-order valence-corrected chi connectivity index (χ3v) is 4.92. The minimum absolute atomic E-state index is 0.0486. The quantitative estimate of drug-likeness (QED) is 0.353. The second-order valence-corrected chi connectivity index (χ2v) is 7.14. The van der Waals surface area contributed by atoms with Crippen molar-refractivity contribution in [1.29, 1.82) is 0 Å². The van der Waals surface area contributed by atoms with Crippen molar-refractivity contribution < 1.29 is 14.3 Å². The summed E-state index contributed by atoms with van der Waals surface area (Å²) in [5.41, 5.74) is 13.1. The second kappa shape index (κ2) is 9.61. The summed E-state index contributed by atoms with van der Waals surface area (Å²) in [7, 11) is 0. The van der Waals surface area contributed by atoms with Gasteiger partial charge in [0.2, 0.25) is 0 Å². The fourth-order valence-electron chi connectivity index (χ4n) is 3.03. The van der Waals surface area contributed by atoms with E-state index in [9.17, 15) is 9.59 Å². The molecule has 2 aromatic heterocycles. The first-order valence-corrected chi connectivity index (χ1v) is 10.3. The Kier molecular flexibility index (Phi) is 6.91. The highest BCUT2D eigenvalue weighted by molar-refractivity contribution is 6.31. The van der Waals surface area contributed by atoms with E-state index in [0.29, 0.717) is 30.1 Å². The maximum Gasteiger partial charge on any atom is 0.338 e. The summed E-state index contributed by atoms with van der Waals surface area (Å²) in [5, 5.41) is 2.62. The number of hydrogen-bond donors (Lipinski definition) is 3. The van der Waals surface area contributed by atoms with E-state index in [0.717, 1.165) is 18.4 Å². The number of halogens is 1. The zero-order chi connectivity index (χ0) is 22.5. The van der Waals surface area contributed by atoms with Crippen LogP contribution in [-0.4, -0.2) is 38.0 Å². The molecule has 0 bridgehead atoms. The van der Waals surface area contributed by atoms with Gasteiger partial charge in [-0.25, -0.2) is 19.7 Å². The molecule has 2 heterocycles. The number of benzene rings is 1. The number of nitrogens with one attached hydrogen (secondary N) is 1. The van der Waals surface area contributed by atoms with Crippen LogP contribution in [0.25, 0.3) is 11.0 Å². The molecule has 31 heavy (non-hydrogen) atoms. The first-order valence-electron chi connectivity index (χ1n) is 9.88. The number of carbonyl (C=O) groups is 2. The van der Waals surface area contributed by atoms with Gasteiger partial charge < -0.3 is 26.1 Å². The summed E-state index contributed by atoms with van der Waals surface area (Å²) in [6, 6.07) is 5.18. The summed E-state index contributed by atoms with van der Waals surface area (Å²) in [5.74, 6) is -0.484. The largest absolute Gasteiger partial charge is 0.462 e. The summed E-state index contributed by atoms with van der Waals surface area (Å²) < 4.78 is 7.19. The van der Waals surface area contributed by atoms with Gasteiger partial charge in [0.15, 0.2) is 22.5 Å². The number of nitrogen functional groups attached to an aromatic ring is 2. The number of fused-ring (bicyclic) bond motifs is 1. The van der Waals surface area contributed by atoms with E-state index in [1.54, 1.807) is 18.2 Å². The van der Waals surface area contributed by atoms with Gasteiger partial charge in [0.1, 0.15) is 5.82 Å². The van der Waals surface area contributed by atoms with Gasteiger partial charge in [-0.1, -0.05) is 24.9 Å². The Bertz CT molecular complexity index is 1130. The molecule has 1 aromatic carbocycles. The lowest BCUT2D eigenvalue weighted by atomic mass is 10.2. The molecule has 0 spiro atoms. The smallest absolute Gasteiger partial charge is 0.338 e. The molecule has 0 saturated carbocycles. The minimum Gasteiger partial charge on any atom is -0.462 e. The van der Waals surface area contributed by atoms with Crippen molar-refractivity contribution in [2.24, 2.45) is 0 Å². The van der Waals surface area contributed by atoms with Gasteiger partial charge >= 0.3 is 5.97 Å². The monoisotopic (exact) mass is 445 g/mol. The Morgan fingerprint density at radius 1 is 1.16 bits per heavy atom. The van der Waals surface area contributed by atoms with Crippen LogP contribution in [0.1, 0.15) is 53.4 Å². The van der Waals surface area contributed by atoms with Crippen molar-refractivity contribution in [3.63, 3.8) is 0 Å². The van der Waals surface area contributed by atoms with Crippen LogP contribution in [0.3, 0.4) is 0 Å². The number of nitrogens with two attached hydrogens (primary N) is 2. The molecule has 10 nitrogen and oxygen atoms in total. The van der Waals surface area contributed by atoms with Crippen LogP contribution < -0.4 is 16.8 Å². The van der Waals surface area contributed by atoms with Crippen molar-refractivity contribution in [2.75, 3.05) is 18.1 Å². The highest BCUT2D eigenvalue weighted by Gasteiger charge is 2.18. The number of ether oxygens (including phenoxy) is 1. The molecule has 5 N–H and O–H groups in total. The number of nitrogens with zero attached hydrogens (tertiary/aromatic N) is 4. The Labute approximate surface area is 184 Å². The molecule has 0 aliphatic carbocycles. The van der Waals surface area contributed by atoms with Crippen LogP contribution in [0, 0.1) is 0 Å². The molecule has 0 fully saturated rings. The average molecular weight is 446 g/mol. The zero-order valence-corrected chi connectivity index (χ0v) is 18.1. The summed E-state index contributed by atoms with van der Waals surface area (Å²) in [4.78, 5) is 37.0. The van der Waals surface area contributed by atoms with Crippen LogP contribution in [0.4, 0.5) is 11.6 Å². The predicted octanol–water partition coefficient (Wildman–Crippen LogP) is 2.55. The Balaban J connectivity index is 1.80. The maximum absolute atomic E-state index is 12.5. The Morgan fingerprint density at radius 2 is 1.94 bits per heavy atom. The van der Waals surface area contributed by atoms with E-state index < -0.39 is 5.91 Å². The predicted molar refractivity (Wildman–Crippen MR) is 118 cm³/mol. The maximum atomic E-state index is 12.5. The van der Waals surface area contributed by atoms with Gasteiger partial charge in [0.25, 0.3) is 5.91 Å². The summed E-state index contributed by atoms with van der Waals surface area (Å²) in [6.07, 6.45) is 1.77. The molecule has 3 rings (SSSR count). The van der Waals surface area contributed by atoms with E-state index >= 15 is 0 Å². The van der Waals surface area contributed by atoms with E-state index in [2.05, 4.69) is 20.3 Å². The summed E-state index contributed by atoms with van der Waals surface area (Å²) in [6.45, 7) is 5.07. The lowest BCUT2D eigenvalue weighted by Crippen LogP contribution is -2.27. The summed E-state index contributed by atoms with van der Waals surface area (Å²) >= 11 is 5.84.